The lowest BCUT2D eigenvalue weighted by molar-refractivity contribution is 0.0364. The molecule has 1 atom stereocenters. The van der Waals surface area contributed by atoms with Crippen LogP contribution < -0.4 is 0 Å². The Morgan fingerprint density at radius 2 is 2.33 bits per heavy atom. The van der Waals surface area contributed by atoms with E-state index in [2.05, 4.69) is 29.8 Å². The molecule has 1 aliphatic heterocycles. The molecule has 1 fully saturated rings. The molecule has 1 N–H and O–H groups in total. The van der Waals surface area contributed by atoms with Gasteiger partial charge < -0.3 is 5.11 Å². The van der Waals surface area contributed by atoms with E-state index in [0.717, 1.165) is 26.1 Å². The van der Waals surface area contributed by atoms with Gasteiger partial charge in [-0.25, -0.2) is 0 Å². The van der Waals surface area contributed by atoms with Crippen LogP contribution >= 0.6 is 0 Å². The van der Waals surface area contributed by atoms with Crippen LogP contribution in [-0.2, 0) is 6.54 Å². The molecule has 0 amide bonds. The Morgan fingerprint density at radius 3 is 2.94 bits per heavy atom. The Morgan fingerprint density at radius 1 is 1.50 bits per heavy atom. The van der Waals surface area contributed by atoms with Crippen molar-refractivity contribution < 1.29 is 5.11 Å². The third kappa shape index (κ3) is 3.30. The van der Waals surface area contributed by atoms with Crippen LogP contribution in [0.4, 0.5) is 0 Å². The summed E-state index contributed by atoms with van der Waals surface area (Å²) in [5.41, 5.74) is 1.58. The molecule has 0 radical (unpaired) electrons. The van der Waals surface area contributed by atoms with Crippen LogP contribution in [0.15, 0.2) is 24.5 Å². The molecule has 3 nitrogen and oxygen atoms in total. The maximum absolute atomic E-state index is 9.13. The van der Waals surface area contributed by atoms with Gasteiger partial charge in [0.2, 0.25) is 0 Å². The number of rotatable bonds is 4. The number of nitrogens with zero attached hydrogens (tertiary/aromatic N) is 2. The number of aliphatic hydroxyl groups excluding tert-OH is 1. The first-order valence-electron chi connectivity index (χ1n) is 6.84. The van der Waals surface area contributed by atoms with Crippen molar-refractivity contribution in [1.82, 2.24) is 9.88 Å². The highest BCUT2D eigenvalue weighted by Crippen LogP contribution is 2.37. The highest BCUT2D eigenvalue weighted by atomic mass is 16.3. The van der Waals surface area contributed by atoms with Gasteiger partial charge >= 0.3 is 0 Å². The van der Waals surface area contributed by atoms with Gasteiger partial charge in [-0.1, -0.05) is 19.9 Å². The lowest BCUT2D eigenvalue weighted by Crippen LogP contribution is -2.45. The molecule has 1 aliphatic rings. The summed E-state index contributed by atoms with van der Waals surface area (Å²) in [7, 11) is 0. The fourth-order valence-electron chi connectivity index (χ4n) is 3.09. The van der Waals surface area contributed by atoms with Gasteiger partial charge in [-0.15, -0.1) is 0 Å². The second kappa shape index (κ2) is 5.81. The SMILES string of the molecule is CC1(C)CN(Cc2cccnc2)CCC1CCO. The van der Waals surface area contributed by atoms with Crippen molar-refractivity contribution in [3.05, 3.63) is 30.1 Å². The molecule has 0 bridgehead atoms. The largest absolute Gasteiger partial charge is 0.396 e. The third-order valence-corrected chi connectivity index (χ3v) is 4.14. The monoisotopic (exact) mass is 248 g/mol. The van der Waals surface area contributed by atoms with Gasteiger partial charge in [0.05, 0.1) is 0 Å². The number of aromatic nitrogens is 1. The van der Waals surface area contributed by atoms with Crippen LogP contribution in [0.1, 0.15) is 32.3 Å². The fraction of sp³-hybridized carbons (Fsp3) is 0.667. The Bertz CT molecular complexity index is 364. The summed E-state index contributed by atoms with van der Waals surface area (Å²) in [6.07, 6.45) is 5.90. The summed E-state index contributed by atoms with van der Waals surface area (Å²) in [6, 6.07) is 4.14. The number of aliphatic hydroxyl groups is 1. The Hall–Kier alpha value is -0.930. The molecule has 0 aliphatic carbocycles. The first-order chi connectivity index (χ1) is 8.62. The zero-order chi connectivity index (χ0) is 13.0. The van der Waals surface area contributed by atoms with Crippen molar-refractivity contribution in [3.8, 4) is 0 Å². The van der Waals surface area contributed by atoms with Crippen molar-refractivity contribution in [2.24, 2.45) is 11.3 Å². The average molecular weight is 248 g/mol. The lowest BCUT2D eigenvalue weighted by Gasteiger charge is -2.44. The molecule has 0 saturated carbocycles. The van der Waals surface area contributed by atoms with E-state index in [9.17, 15) is 0 Å². The van der Waals surface area contributed by atoms with Gasteiger partial charge in [-0.05, 0) is 42.3 Å². The van der Waals surface area contributed by atoms with E-state index < -0.39 is 0 Å². The van der Waals surface area contributed by atoms with Crippen LogP contribution in [0.2, 0.25) is 0 Å². The van der Waals surface area contributed by atoms with Crippen LogP contribution in [0, 0.1) is 11.3 Å². The number of piperidine rings is 1. The van der Waals surface area contributed by atoms with E-state index in [1.807, 2.05) is 18.5 Å². The molecule has 2 heterocycles. The third-order valence-electron chi connectivity index (χ3n) is 4.14. The first kappa shape index (κ1) is 13.5. The zero-order valence-corrected chi connectivity index (χ0v) is 11.5. The molecule has 1 aromatic rings. The first-order valence-corrected chi connectivity index (χ1v) is 6.84. The smallest absolute Gasteiger partial charge is 0.0433 e. The van der Waals surface area contributed by atoms with Crippen molar-refractivity contribution >= 4 is 0 Å². The minimum absolute atomic E-state index is 0.295. The maximum atomic E-state index is 9.13. The van der Waals surface area contributed by atoms with E-state index in [0.29, 0.717) is 17.9 Å². The average Bonchev–Trinajstić information content (AvgIpc) is 2.33. The minimum Gasteiger partial charge on any atom is -0.396 e. The van der Waals surface area contributed by atoms with Crippen LogP contribution in [0.5, 0.6) is 0 Å². The van der Waals surface area contributed by atoms with Crippen molar-refractivity contribution in [2.75, 3.05) is 19.7 Å². The van der Waals surface area contributed by atoms with E-state index >= 15 is 0 Å². The Balaban J connectivity index is 1.94. The quantitative estimate of drug-likeness (QED) is 0.888. The molecule has 18 heavy (non-hydrogen) atoms. The van der Waals surface area contributed by atoms with Gasteiger partial charge in [-0.2, -0.15) is 0 Å². The number of likely N-dealkylation sites (tertiary alicyclic amines) is 1. The zero-order valence-electron chi connectivity index (χ0n) is 11.5. The molecular formula is C15H24N2O. The number of hydrogen-bond acceptors (Lipinski definition) is 3. The minimum atomic E-state index is 0.295. The predicted molar refractivity (Wildman–Crippen MR) is 73.1 cm³/mol. The summed E-state index contributed by atoms with van der Waals surface area (Å²) < 4.78 is 0. The molecule has 3 heteroatoms. The molecule has 0 aromatic carbocycles. The second-order valence-corrected chi connectivity index (χ2v) is 6.06. The molecule has 1 unspecified atom stereocenters. The van der Waals surface area contributed by atoms with Crippen LogP contribution in [0.3, 0.4) is 0 Å². The summed E-state index contributed by atoms with van der Waals surface area (Å²) in [4.78, 5) is 6.68. The second-order valence-electron chi connectivity index (χ2n) is 6.06. The normalized spacial score (nSPS) is 24.1. The van der Waals surface area contributed by atoms with Crippen molar-refractivity contribution in [3.63, 3.8) is 0 Å². The van der Waals surface area contributed by atoms with E-state index in [1.54, 1.807) is 0 Å². The van der Waals surface area contributed by atoms with Crippen LogP contribution in [0.25, 0.3) is 0 Å². The number of pyridine rings is 1. The van der Waals surface area contributed by atoms with Gasteiger partial charge in [0.1, 0.15) is 0 Å². The highest BCUT2D eigenvalue weighted by molar-refractivity contribution is 5.08. The Labute approximate surface area is 110 Å². The van der Waals surface area contributed by atoms with Gasteiger partial charge in [-0.3, -0.25) is 9.88 Å². The van der Waals surface area contributed by atoms with Gasteiger partial charge in [0.25, 0.3) is 0 Å². The summed E-state index contributed by atoms with van der Waals surface area (Å²) in [5, 5.41) is 9.13. The van der Waals surface area contributed by atoms with Gasteiger partial charge in [0, 0.05) is 32.1 Å². The summed E-state index contributed by atoms with van der Waals surface area (Å²) in [6.45, 7) is 8.18. The molecule has 1 aromatic heterocycles. The van der Waals surface area contributed by atoms with Crippen LogP contribution in [-0.4, -0.2) is 34.7 Å². The standard InChI is InChI=1S/C15H24N2O/c1-15(2)12-17(8-5-14(15)6-9-18)11-13-4-3-7-16-10-13/h3-4,7,10,14,18H,5-6,8-9,11-12H2,1-2H3. The highest BCUT2D eigenvalue weighted by Gasteiger charge is 2.35. The summed E-state index contributed by atoms with van der Waals surface area (Å²) in [5.74, 6) is 0.646. The van der Waals surface area contributed by atoms with Crippen molar-refractivity contribution in [2.45, 2.75) is 33.2 Å². The predicted octanol–water partition coefficient (Wildman–Crippen LogP) is 2.31. The van der Waals surface area contributed by atoms with E-state index in [1.165, 1.54) is 12.0 Å². The fourth-order valence-corrected chi connectivity index (χ4v) is 3.09. The molecule has 0 spiro atoms. The van der Waals surface area contributed by atoms with E-state index in [4.69, 9.17) is 5.11 Å². The molecule has 1 saturated heterocycles. The maximum Gasteiger partial charge on any atom is 0.0433 e. The summed E-state index contributed by atoms with van der Waals surface area (Å²) >= 11 is 0. The molecule has 2 rings (SSSR count). The lowest BCUT2D eigenvalue weighted by atomic mass is 9.72. The van der Waals surface area contributed by atoms with E-state index in [-0.39, 0.29) is 0 Å². The topological polar surface area (TPSA) is 36.4 Å². The van der Waals surface area contributed by atoms with Crippen molar-refractivity contribution in [1.29, 1.82) is 0 Å². The van der Waals surface area contributed by atoms with Gasteiger partial charge in [0.15, 0.2) is 0 Å². The molecule has 100 valence electrons. The molecular weight excluding hydrogens is 224 g/mol. The Kier molecular flexibility index (Phi) is 4.36. The number of hydrogen-bond donors (Lipinski definition) is 1.